The summed E-state index contributed by atoms with van der Waals surface area (Å²) >= 11 is 0. The molecule has 0 saturated carbocycles. The van der Waals surface area contributed by atoms with Crippen molar-refractivity contribution in [3.05, 3.63) is 119 Å². The minimum absolute atomic E-state index is 0.205. The fourth-order valence-electron chi connectivity index (χ4n) is 4.79. The predicted molar refractivity (Wildman–Crippen MR) is 148 cm³/mol. The van der Waals surface area contributed by atoms with Gasteiger partial charge < -0.3 is 14.3 Å². The van der Waals surface area contributed by atoms with Gasteiger partial charge in [-0.25, -0.2) is 4.39 Å². The summed E-state index contributed by atoms with van der Waals surface area (Å²) in [4.78, 5) is 22.6. The molecule has 0 amide bonds. The molecule has 0 bridgehead atoms. The fourth-order valence-corrected chi connectivity index (χ4v) is 4.79. The molecule has 6 aromatic rings. The molecule has 39 heavy (non-hydrogen) atoms. The van der Waals surface area contributed by atoms with Crippen molar-refractivity contribution in [2.45, 2.75) is 19.9 Å². The Balaban J connectivity index is 1.53. The summed E-state index contributed by atoms with van der Waals surface area (Å²) in [5.74, 6) is 0.0100. The van der Waals surface area contributed by atoms with Crippen LogP contribution in [0.3, 0.4) is 0 Å². The van der Waals surface area contributed by atoms with Crippen molar-refractivity contribution in [2.24, 2.45) is 0 Å². The van der Waals surface area contributed by atoms with Gasteiger partial charge in [0.2, 0.25) is 5.43 Å². The fraction of sp³-hybridized carbons (Fsp3) is 0.0968. The predicted octanol–water partition coefficient (Wildman–Crippen LogP) is 7.19. The third kappa shape index (κ3) is 4.46. The second kappa shape index (κ2) is 9.98. The van der Waals surface area contributed by atoms with E-state index in [1.54, 1.807) is 48.9 Å². The number of aryl methyl sites for hydroxylation is 1. The van der Waals surface area contributed by atoms with Gasteiger partial charge in [0.05, 0.1) is 34.6 Å². The van der Waals surface area contributed by atoms with Crippen LogP contribution in [0.1, 0.15) is 24.1 Å². The lowest BCUT2D eigenvalue weighted by Gasteiger charge is -2.20. The van der Waals surface area contributed by atoms with E-state index in [2.05, 4.69) is 20.4 Å². The molecular weight excluding hydrogens is 495 g/mol. The Morgan fingerprint density at radius 3 is 2.59 bits per heavy atom. The SMILES string of the molecule is Cc1cc(C(C)Nc2cccnc2-c2ccccc2F)c2oc(-c3cccnc3)c(-c3cnoc3)c(=O)c2c1. The largest absolute Gasteiger partial charge is 0.455 e. The number of halogens is 1. The minimum Gasteiger partial charge on any atom is -0.455 e. The Bertz CT molecular complexity index is 1850. The Hall–Kier alpha value is -5.11. The van der Waals surface area contributed by atoms with Crippen LogP contribution >= 0.6 is 0 Å². The highest BCUT2D eigenvalue weighted by atomic mass is 19.1. The monoisotopic (exact) mass is 518 g/mol. The van der Waals surface area contributed by atoms with Gasteiger partial charge >= 0.3 is 0 Å². The molecule has 7 nitrogen and oxygen atoms in total. The maximum absolute atomic E-state index is 14.6. The van der Waals surface area contributed by atoms with Crippen molar-refractivity contribution < 1.29 is 13.3 Å². The zero-order chi connectivity index (χ0) is 26.9. The zero-order valence-corrected chi connectivity index (χ0v) is 21.2. The molecular formula is C31H23FN4O3. The van der Waals surface area contributed by atoms with Crippen molar-refractivity contribution in [3.63, 3.8) is 0 Å². The summed E-state index contributed by atoms with van der Waals surface area (Å²) in [5.41, 5.74) is 4.96. The molecule has 0 aliphatic rings. The van der Waals surface area contributed by atoms with Crippen LogP contribution in [0.15, 0.2) is 105 Å². The first-order valence-corrected chi connectivity index (χ1v) is 12.4. The van der Waals surface area contributed by atoms with Crippen LogP contribution in [-0.2, 0) is 0 Å². The first-order chi connectivity index (χ1) is 19.0. The molecule has 1 N–H and O–H groups in total. The third-order valence-electron chi connectivity index (χ3n) is 6.58. The van der Waals surface area contributed by atoms with Crippen LogP contribution < -0.4 is 10.7 Å². The quantitative estimate of drug-likeness (QED) is 0.249. The van der Waals surface area contributed by atoms with Gasteiger partial charge in [-0.1, -0.05) is 23.4 Å². The molecule has 0 spiro atoms. The number of rotatable bonds is 6. The molecule has 1 atom stereocenters. The van der Waals surface area contributed by atoms with E-state index >= 15 is 0 Å². The molecule has 192 valence electrons. The Labute approximate surface area is 223 Å². The standard InChI is InChI=1S/C31H23FN4O3/c1-18-13-23(19(2)36-26-10-6-12-34-28(26)22-8-3-4-9-25(22)32)31-24(14-18)29(37)27(21-16-35-38-17-21)30(39-31)20-7-5-11-33-15-20/h3-17,19,36H,1-2H3. The zero-order valence-electron chi connectivity index (χ0n) is 21.2. The number of pyridine rings is 2. The number of fused-ring (bicyclic) bond motifs is 1. The molecule has 1 unspecified atom stereocenters. The molecule has 0 fully saturated rings. The van der Waals surface area contributed by atoms with Gasteiger partial charge in [-0.15, -0.1) is 0 Å². The highest BCUT2D eigenvalue weighted by Crippen LogP contribution is 2.37. The minimum atomic E-state index is -0.360. The maximum Gasteiger partial charge on any atom is 0.201 e. The van der Waals surface area contributed by atoms with Crippen molar-refractivity contribution in [2.75, 3.05) is 5.32 Å². The molecule has 2 aromatic carbocycles. The maximum atomic E-state index is 14.6. The lowest BCUT2D eigenvalue weighted by Crippen LogP contribution is -2.13. The van der Waals surface area contributed by atoms with E-state index in [0.29, 0.717) is 50.4 Å². The molecule has 6 rings (SSSR count). The van der Waals surface area contributed by atoms with Crippen LogP contribution in [0, 0.1) is 12.7 Å². The summed E-state index contributed by atoms with van der Waals surface area (Å²) in [6, 6.07) is 17.3. The highest BCUT2D eigenvalue weighted by Gasteiger charge is 2.23. The van der Waals surface area contributed by atoms with Crippen LogP contribution in [0.4, 0.5) is 10.1 Å². The first-order valence-electron chi connectivity index (χ1n) is 12.4. The summed E-state index contributed by atoms with van der Waals surface area (Å²) in [7, 11) is 0. The van der Waals surface area contributed by atoms with Gasteiger partial charge in [-0.3, -0.25) is 14.8 Å². The smallest absolute Gasteiger partial charge is 0.201 e. The molecule has 0 aliphatic carbocycles. The molecule has 4 heterocycles. The van der Waals surface area contributed by atoms with E-state index in [1.807, 2.05) is 38.1 Å². The van der Waals surface area contributed by atoms with Gasteiger partial charge in [0, 0.05) is 40.8 Å². The van der Waals surface area contributed by atoms with E-state index in [0.717, 1.165) is 11.1 Å². The number of hydrogen-bond donors (Lipinski definition) is 1. The number of anilines is 1. The number of nitrogens with zero attached hydrogens (tertiary/aromatic N) is 3. The molecule has 4 aromatic heterocycles. The summed E-state index contributed by atoms with van der Waals surface area (Å²) in [6.45, 7) is 3.89. The number of hydrogen-bond acceptors (Lipinski definition) is 7. The number of nitrogens with one attached hydrogen (secondary N) is 1. The average molecular weight is 519 g/mol. The van der Waals surface area contributed by atoms with Crippen LogP contribution in [0.5, 0.6) is 0 Å². The lowest BCUT2D eigenvalue weighted by atomic mass is 9.97. The van der Waals surface area contributed by atoms with Crippen molar-refractivity contribution >= 4 is 16.7 Å². The van der Waals surface area contributed by atoms with Gasteiger partial charge in [-0.2, -0.15) is 0 Å². The average Bonchev–Trinajstić information content (AvgIpc) is 3.49. The molecule has 8 heteroatoms. The van der Waals surface area contributed by atoms with Crippen LogP contribution in [0.2, 0.25) is 0 Å². The summed E-state index contributed by atoms with van der Waals surface area (Å²) in [5, 5.41) is 7.69. The van der Waals surface area contributed by atoms with Gasteiger partial charge in [0.25, 0.3) is 0 Å². The number of aromatic nitrogens is 3. The van der Waals surface area contributed by atoms with Crippen LogP contribution in [0.25, 0.3) is 44.7 Å². The first kappa shape index (κ1) is 24.2. The van der Waals surface area contributed by atoms with E-state index in [4.69, 9.17) is 8.94 Å². The summed E-state index contributed by atoms with van der Waals surface area (Å²) < 4.78 is 26.2. The van der Waals surface area contributed by atoms with E-state index < -0.39 is 0 Å². The molecule has 0 saturated heterocycles. The van der Waals surface area contributed by atoms with Gasteiger partial charge in [0.1, 0.15) is 23.4 Å². The van der Waals surface area contributed by atoms with Gasteiger partial charge in [-0.05, 0) is 61.9 Å². The number of benzene rings is 2. The Morgan fingerprint density at radius 2 is 1.82 bits per heavy atom. The second-order valence-corrected chi connectivity index (χ2v) is 9.27. The van der Waals surface area contributed by atoms with Gasteiger partial charge in [0.15, 0.2) is 0 Å². The van der Waals surface area contributed by atoms with E-state index in [1.165, 1.54) is 18.5 Å². The normalized spacial score (nSPS) is 12.0. The molecule has 0 aliphatic heterocycles. The highest BCUT2D eigenvalue weighted by molar-refractivity contribution is 5.91. The Morgan fingerprint density at radius 1 is 0.974 bits per heavy atom. The van der Waals surface area contributed by atoms with E-state index in [9.17, 15) is 9.18 Å². The second-order valence-electron chi connectivity index (χ2n) is 9.27. The van der Waals surface area contributed by atoms with Crippen molar-refractivity contribution in [1.82, 2.24) is 15.1 Å². The Kier molecular flexibility index (Phi) is 6.20. The van der Waals surface area contributed by atoms with Crippen molar-refractivity contribution in [1.29, 1.82) is 0 Å². The third-order valence-corrected chi connectivity index (χ3v) is 6.58. The molecule has 0 radical (unpaired) electrons. The summed E-state index contributed by atoms with van der Waals surface area (Å²) in [6.07, 6.45) is 7.85. The lowest BCUT2D eigenvalue weighted by molar-refractivity contribution is 0.420. The van der Waals surface area contributed by atoms with Crippen LogP contribution in [-0.4, -0.2) is 15.1 Å². The van der Waals surface area contributed by atoms with Crippen molar-refractivity contribution in [3.8, 4) is 33.7 Å². The topological polar surface area (TPSA) is 94.1 Å². The van der Waals surface area contributed by atoms with E-state index in [-0.39, 0.29) is 17.3 Å².